The molecule has 4 heteroatoms. The molecule has 0 radical (unpaired) electrons. The zero-order valence-corrected chi connectivity index (χ0v) is 12.8. The molecule has 1 saturated carbocycles. The van der Waals surface area contributed by atoms with Crippen molar-refractivity contribution in [2.75, 3.05) is 0 Å². The van der Waals surface area contributed by atoms with E-state index < -0.39 is 0 Å². The fourth-order valence-electron chi connectivity index (χ4n) is 2.90. The summed E-state index contributed by atoms with van der Waals surface area (Å²) in [4.78, 5) is 4.53. The van der Waals surface area contributed by atoms with Crippen LogP contribution in [0.5, 0.6) is 0 Å². The van der Waals surface area contributed by atoms with Crippen LogP contribution in [0.1, 0.15) is 49.4 Å². The minimum absolute atomic E-state index is 0.160. The number of halogens is 2. The van der Waals surface area contributed by atoms with Gasteiger partial charge in [-0.3, -0.25) is 0 Å². The van der Waals surface area contributed by atoms with Gasteiger partial charge in [0.2, 0.25) is 0 Å². The summed E-state index contributed by atoms with van der Waals surface area (Å²) in [6.45, 7) is 4.65. The van der Waals surface area contributed by atoms with Crippen LogP contribution in [0.2, 0.25) is 0 Å². The van der Waals surface area contributed by atoms with Crippen molar-refractivity contribution < 1.29 is 4.39 Å². The average Bonchev–Trinajstić information content (AvgIpc) is 2.67. The van der Waals surface area contributed by atoms with Crippen molar-refractivity contribution in [2.24, 2.45) is 5.92 Å². The number of alkyl halides is 1. The molecule has 0 amide bonds. The van der Waals surface area contributed by atoms with Crippen molar-refractivity contribution >= 4 is 22.6 Å². The highest BCUT2D eigenvalue weighted by atomic mass is 35.5. The summed E-state index contributed by atoms with van der Waals surface area (Å²) in [5, 5.41) is -0.160. The van der Waals surface area contributed by atoms with Crippen LogP contribution in [-0.2, 0) is 6.54 Å². The van der Waals surface area contributed by atoms with E-state index in [1.807, 2.05) is 13.0 Å². The van der Waals surface area contributed by atoms with Crippen molar-refractivity contribution in [3.8, 4) is 0 Å². The van der Waals surface area contributed by atoms with Crippen LogP contribution in [0, 0.1) is 18.7 Å². The Balaban J connectivity index is 2.00. The van der Waals surface area contributed by atoms with Gasteiger partial charge in [-0.2, -0.15) is 0 Å². The maximum absolute atomic E-state index is 13.7. The third-order valence-corrected chi connectivity index (χ3v) is 4.59. The molecule has 1 unspecified atom stereocenters. The van der Waals surface area contributed by atoms with Crippen LogP contribution >= 0.6 is 11.6 Å². The third-order valence-electron chi connectivity index (χ3n) is 4.40. The van der Waals surface area contributed by atoms with E-state index in [2.05, 4.69) is 9.55 Å². The quantitative estimate of drug-likeness (QED) is 0.728. The van der Waals surface area contributed by atoms with E-state index in [0.717, 1.165) is 23.8 Å². The van der Waals surface area contributed by atoms with Crippen LogP contribution in [0.15, 0.2) is 12.1 Å². The standard InChI is InChI=1S/C16H20ClFN2/c1-10-8-15-14(9-13(10)18)19-16(11(2)17)20(15)7-6-12-4-3-5-12/h8-9,11-12H,3-7H2,1-2H3. The first-order valence-electron chi connectivity index (χ1n) is 7.36. The van der Waals surface area contributed by atoms with Crippen LogP contribution in [0.25, 0.3) is 11.0 Å². The second kappa shape index (κ2) is 5.36. The maximum atomic E-state index is 13.7. The molecule has 2 nitrogen and oxygen atoms in total. The number of aromatic nitrogens is 2. The second-order valence-electron chi connectivity index (χ2n) is 5.91. The Hall–Kier alpha value is -1.09. The highest BCUT2D eigenvalue weighted by Crippen LogP contribution is 2.32. The van der Waals surface area contributed by atoms with Gasteiger partial charge < -0.3 is 4.57 Å². The zero-order valence-electron chi connectivity index (χ0n) is 12.0. The molecule has 1 atom stereocenters. The smallest absolute Gasteiger partial charge is 0.128 e. The first-order chi connectivity index (χ1) is 9.56. The van der Waals surface area contributed by atoms with Crippen molar-refractivity contribution in [1.29, 1.82) is 0 Å². The molecular weight excluding hydrogens is 275 g/mol. The lowest BCUT2D eigenvalue weighted by Crippen LogP contribution is -2.15. The highest BCUT2D eigenvalue weighted by Gasteiger charge is 2.20. The predicted octanol–water partition coefficient (Wildman–Crippen LogP) is 4.97. The Bertz CT molecular complexity index is 629. The molecule has 0 saturated heterocycles. The van der Waals surface area contributed by atoms with Gasteiger partial charge in [-0.1, -0.05) is 19.3 Å². The molecule has 108 valence electrons. The van der Waals surface area contributed by atoms with Gasteiger partial charge in [-0.15, -0.1) is 11.6 Å². The minimum atomic E-state index is -0.199. The van der Waals surface area contributed by atoms with Crippen LogP contribution in [0.3, 0.4) is 0 Å². The molecule has 1 aliphatic rings. The van der Waals surface area contributed by atoms with Gasteiger partial charge in [0.1, 0.15) is 11.6 Å². The van der Waals surface area contributed by atoms with Gasteiger partial charge in [-0.05, 0) is 37.8 Å². The number of hydrogen-bond acceptors (Lipinski definition) is 1. The molecule has 3 rings (SSSR count). The Morgan fingerprint density at radius 1 is 1.45 bits per heavy atom. The number of benzene rings is 1. The van der Waals surface area contributed by atoms with Gasteiger partial charge in [0.25, 0.3) is 0 Å². The van der Waals surface area contributed by atoms with Crippen LogP contribution in [0.4, 0.5) is 4.39 Å². The SMILES string of the molecule is Cc1cc2c(cc1F)nc(C(C)Cl)n2CCC1CCC1. The topological polar surface area (TPSA) is 17.8 Å². The van der Waals surface area contributed by atoms with Gasteiger partial charge in [-0.25, -0.2) is 9.37 Å². The molecule has 0 bridgehead atoms. The molecule has 0 aliphatic heterocycles. The molecule has 0 spiro atoms. The summed E-state index contributed by atoms with van der Waals surface area (Å²) in [6, 6.07) is 3.41. The number of rotatable bonds is 4. The third kappa shape index (κ3) is 2.44. The van der Waals surface area contributed by atoms with E-state index in [1.54, 1.807) is 6.92 Å². The first-order valence-corrected chi connectivity index (χ1v) is 7.80. The monoisotopic (exact) mass is 294 g/mol. The number of fused-ring (bicyclic) bond motifs is 1. The summed E-state index contributed by atoms with van der Waals surface area (Å²) in [6.07, 6.45) is 5.20. The lowest BCUT2D eigenvalue weighted by molar-refractivity contribution is 0.282. The van der Waals surface area contributed by atoms with E-state index in [-0.39, 0.29) is 11.2 Å². The second-order valence-corrected chi connectivity index (χ2v) is 6.57. The van der Waals surface area contributed by atoms with Gasteiger partial charge >= 0.3 is 0 Å². The van der Waals surface area contributed by atoms with E-state index >= 15 is 0 Å². The Morgan fingerprint density at radius 3 is 2.80 bits per heavy atom. The first kappa shape index (κ1) is 13.9. The fourth-order valence-corrected chi connectivity index (χ4v) is 3.07. The van der Waals surface area contributed by atoms with Crippen molar-refractivity contribution in [1.82, 2.24) is 9.55 Å². The largest absolute Gasteiger partial charge is 0.327 e. The summed E-state index contributed by atoms with van der Waals surface area (Å²) < 4.78 is 15.9. The molecule has 1 aromatic heterocycles. The average molecular weight is 295 g/mol. The number of hydrogen-bond donors (Lipinski definition) is 0. The molecule has 1 heterocycles. The fraction of sp³-hybridized carbons (Fsp3) is 0.562. The van der Waals surface area contributed by atoms with Crippen LogP contribution in [-0.4, -0.2) is 9.55 Å². The van der Waals surface area contributed by atoms with Crippen molar-refractivity contribution in [3.05, 3.63) is 29.3 Å². The molecule has 1 fully saturated rings. The molecule has 0 N–H and O–H groups in total. The Morgan fingerprint density at radius 2 is 2.20 bits per heavy atom. The summed E-state index contributed by atoms with van der Waals surface area (Å²) in [7, 11) is 0. The Kier molecular flexibility index (Phi) is 3.72. The van der Waals surface area contributed by atoms with Crippen molar-refractivity contribution in [2.45, 2.75) is 51.5 Å². The normalized spacial score (nSPS) is 17.4. The molecule has 1 aliphatic carbocycles. The number of nitrogens with zero attached hydrogens (tertiary/aromatic N) is 2. The van der Waals surface area contributed by atoms with Crippen molar-refractivity contribution in [3.63, 3.8) is 0 Å². The van der Waals surface area contributed by atoms with Gasteiger partial charge in [0.05, 0.1) is 16.4 Å². The lowest BCUT2D eigenvalue weighted by Gasteiger charge is -2.25. The van der Waals surface area contributed by atoms with E-state index in [1.165, 1.54) is 31.7 Å². The molecular formula is C16H20ClFN2. The van der Waals surface area contributed by atoms with E-state index in [0.29, 0.717) is 11.1 Å². The van der Waals surface area contributed by atoms with Crippen LogP contribution < -0.4 is 0 Å². The highest BCUT2D eigenvalue weighted by molar-refractivity contribution is 6.20. The van der Waals surface area contributed by atoms with Gasteiger partial charge in [0, 0.05) is 12.6 Å². The Labute approximate surface area is 123 Å². The van der Waals surface area contributed by atoms with E-state index in [4.69, 9.17) is 11.6 Å². The molecule has 2 aromatic rings. The summed E-state index contributed by atoms with van der Waals surface area (Å²) in [5.41, 5.74) is 2.38. The lowest BCUT2D eigenvalue weighted by atomic mass is 9.83. The summed E-state index contributed by atoms with van der Waals surface area (Å²) >= 11 is 6.25. The number of aryl methyl sites for hydroxylation is 2. The minimum Gasteiger partial charge on any atom is -0.327 e. The van der Waals surface area contributed by atoms with Gasteiger partial charge in [0.15, 0.2) is 0 Å². The predicted molar refractivity (Wildman–Crippen MR) is 80.7 cm³/mol. The number of imidazole rings is 1. The molecule has 1 aromatic carbocycles. The molecule has 20 heavy (non-hydrogen) atoms. The maximum Gasteiger partial charge on any atom is 0.128 e. The summed E-state index contributed by atoms with van der Waals surface area (Å²) in [5.74, 6) is 1.49. The van der Waals surface area contributed by atoms with E-state index in [9.17, 15) is 4.39 Å². The zero-order chi connectivity index (χ0) is 14.3.